The molecule has 1 aromatic carbocycles. The maximum absolute atomic E-state index is 10.6. The number of rotatable bonds is 1. The number of carbonyl (C=O) groups is 1. The SMILES string of the molecule is CC(=O)c1ccccc1.CC(C)=C(C)C. The molecule has 0 bridgehead atoms. The maximum atomic E-state index is 10.6. The minimum atomic E-state index is 0.121. The minimum absolute atomic E-state index is 0.121. The Morgan fingerprint density at radius 1 is 0.800 bits per heavy atom. The van der Waals surface area contributed by atoms with Crippen LogP contribution in [0.5, 0.6) is 0 Å². The van der Waals surface area contributed by atoms with E-state index in [0.29, 0.717) is 0 Å². The second-order valence-corrected chi connectivity index (χ2v) is 3.92. The van der Waals surface area contributed by atoms with Crippen LogP contribution < -0.4 is 0 Å². The van der Waals surface area contributed by atoms with Gasteiger partial charge in [-0.1, -0.05) is 41.5 Å². The highest BCUT2D eigenvalue weighted by molar-refractivity contribution is 5.93. The fraction of sp³-hybridized carbons (Fsp3) is 0.357. The molecular weight excluding hydrogens is 184 g/mol. The molecule has 0 N–H and O–H groups in total. The number of Topliss-reactive ketones (excluding diaryl/α,β-unsaturated/α-hetero) is 1. The smallest absolute Gasteiger partial charge is 0.159 e. The van der Waals surface area contributed by atoms with E-state index in [-0.39, 0.29) is 5.78 Å². The number of hydrogen-bond acceptors (Lipinski definition) is 1. The molecular formula is C14H20O. The summed E-state index contributed by atoms with van der Waals surface area (Å²) < 4.78 is 0. The van der Waals surface area contributed by atoms with Crippen molar-refractivity contribution in [1.82, 2.24) is 0 Å². The zero-order chi connectivity index (χ0) is 11.8. The Labute approximate surface area is 92.8 Å². The van der Waals surface area contributed by atoms with Gasteiger partial charge in [0.05, 0.1) is 0 Å². The molecule has 1 nitrogen and oxygen atoms in total. The number of carbonyl (C=O) groups excluding carboxylic acids is 1. The Bertz CT molecular complexity index is 316. The van der Waals surface area contributed by atoms with Gasteiger partial charge >= 0.3 is 0 Å². The molecule has 0 saturated heterocycles. The predicted molar refractivity (Wildman–Crippen MR) is 66.2 cm³/mol. The zero-order valence-electron chi connectivity index (χ0n) is 10.3. The van der Waals surface area contributed by atoms with Gasteiger partial charge in [-0.2, -0.15) is 0 Å². The van der Waals surface area contributed by atoms with Gasteiger partial charge in [0.15, 0.2) is 5.78 Å². The van der Waals surface area contributed by atoms with Gasteiger partial charge in [0, 0.05) is 5.56 Å². The van der Waals surface area contributed by atoms with Crippen molar-refractivity contribution in [2.45, 2.75) is 34.6 Å². The third-order valence-electron chi connectivity index (χ3n) is 2.18. The van der Waals surface area contributed by atoms with Gasteiger partial charge in [-0.3, -0.25) is 4.79 Å². The fourth-order valence-electron chi connectivity index (χ4n) is 0.673. The van der Waals surface area contributed by atoms with Crippen molar-refractivity contribution < 1.29 is 4.79 Å². The Balaban J connectivity index is 0.000000288. The minimum Gasteiger partial charge on any atom is -0.295 e. The van der Waals surface area contributed by atoms with Crippen molar-refractivity contribution in [3.05, 3.63) is 47.0 Å². The van der Waals surface area contributed by atoms with Gasteiger partial charge in [-0.15, -0.1) is 0 Å². The van der Waals surface area contributed by atoms with E-state index in [9.17, 15) is 4.79 Å². The average molecular weight is 204 g/mol. The summed E-state index contributed by atoms with van der Waals surface area (Å²) in [5.41, 5.74) is 3.63. The summed E-state index contributed by atoms with van der Waals surface area (Å²) in [5.74, 6) is 0.121. The highest BCUT2D eigenvalue weighted by Crippen LogP contribution is 1.97. The van der Waals surface area contributed by atoms with Crippen LogP contribution >= 0.6 is 0 Å². The topological polar surface area (TPSA) is 17.1 Å². The summed E-state index contributed by atoms with van der Waals surface area (Å²) in [6.07, 6.45) is 0. The lowest BCUT2D eigenvalue weighted by atomic mass is 10.2. The molecule has 0 aliphatic carbocycles. The molecule has 0 aliphatic heterocycles. The third kappa shape index (κ3) is 6.67. The van der Waals surface area contributed by atoms with Crippen LogP contribution in [0.2, 0.25) is 0 Å². The summed E-state index contributed by atoms with van der Waals surface area (Å²) in [4.78, 5) is 10.6. The summed E-state index contributed by atoms with van der Waals surface area (Å²) in [6, 6.07) is 9.23. The van der Waals surface area contributed by atoms with Crippen LogP contribution in [0.3, 0.4) is 0 Å². The Morgan fingerprint density at radius 3 is 1.40 bits per heavy atom. The largest absolute Gasteiger partial charge is 0.295 e. The average Bonchev–Trinajstić information content (AvgIpc) is 2.20. The summed E-state index contributed by atoms with van der Waals surface area (Å²) in [6.45, 7) is 10.0. The number of allylic oxidation sites excluding steroid dienone is 2. The zero-order valence-corrected chi connectivity index (χ0v) is 10.3. The molecule has 0 spiro atoms. The van der Waals surface area contributed by atoms with Crippen LogP contribution in [0, 0.1) is 0 Å². The lowest BCUT2D eigenvalue weighted by molar-refractivity contribution is 0.101. The molecule has 0 saturated carbocycles. The molecule has 82 valence electrons. The van der Waals surface area contributed by atoms with Gasteiger partial charge in [0.2, 0.25) is 0 Å². The Kier molecular flexibility index (Phi) is 6.35. The molecule has 0 atom stereocenters. The van der Waals surface area contributed by atoms with E-state index in [0.717, 1.165) is 5.56 Å². The van der Waals surface area contributed by atoms with E-state index < -0.39 is 0 Å². The predicted octanol–water partition coefficient (Wildman–Crippen LogP) is 4.25. The Hall–Kier alpha value is -1.37. The summed E-state index contributed by atoms with van der Waals surface area (Å²) >= 11 is 0. The van der Waals surface area contributed by atoms with Crippen molar-refractivity contribution in [3.63, 3.8) is 0 Å². The first-order valence-corrected chi connectivity index (χ1v) is 5.11. The third-order valence-corrected chi connectivity index (χ3v) is 2.18. The number of hydrogen-bond donors (Lipinski definition) is 0. The quantitative estimate of drug-likeness (QED) is 0.493. The molecule has 1 rings (SSSR count). The molecule has 15 heavy (non-hydrogen) atoms. The molecule has 1 aromatic rings. The van der Waals surface area contributed by atoms with Crippen molar-refractivity contribution in [2.75, 3.05) is 0 Å². The van der Waals surface area contributed by atoms with E-state index in [1.165, 1.54) is 11.1 Å². The molecule has 0 fully saturated rings. The molecule has 0 amide bonds. The Morgan fingerprint density at radius 2 is 1.20 bits per heavy atom. The first-order chi connectivity index (χ1) is 6.95. The van der Waals surface area contributed by atoms with Gasteiger partial charge < -0.3 is 0 Å². The van der Waals surface area contributed by atoms with Crippen molar-refractivity contribution in [1.29, 1.82) is 0 Å². The summed E-state index contributed by atoms with van der Waals surface area (Å²) in [5, 5.41) is 0. The first kappa shape index (κ1) is 13.6. The molecule has 1 heteroatoms. The van der Waals surface area contributed by atoms with Crippen LogP contribution in [0.25, 0.3) is 0 Å². The molecule has 0 aromatic heterocycles. The fourth-order valence-corrected chi connectivity index (χ4v) is 0.673. The molecule has 0 aliphatic rings. The van der Waals surface area contributed by atoms with Crippen LogP contribution in [-0.2, 0) is 0 Å². The first-order valence-electron chi connectivity index (χ1n) is 5.11. The second kappa shape index (κ2) is 6.99. The highest BCUT2D eigenvalue weighted by atomic mass is 16.1. The van der Waals surface area contributed by atoms with Crippen molar-refractivity contribution in [2.24, 2.45) is 0 Å². The lowest BCUT2D eigenvalue weighted by Gasteiger charge is -1.89. The van der Waals surface area contributed by atoms with E-state index >= 15 is 0 Å². The van der Waals surface area contributed by atoms with E-state index in [1.54, 1.807) is 6.92 Å². The normalized spacial score (nSPS) is 8.60. The van der Waals surface area contributed by atoms with Crippen molar-refractivity contribution >= 4 is 5.78 Å². The standard InChI is InChI=1S/C8H8O.C6H12/c1-7(9)8-5-3-2-4-6-8;1-5(2)6(3)4/h2-6H,1H3;1-4H3. The molecule has 0 heterocycles. The van der Waals surface area contributed by atoms with Gasteiger partial charge in [0.25, 0.3) is 0 Å². The van der Waals surface area contributed by atoms with Gasteiger partial charge in [-0.25, -0.2) is 0 Å². The van der Waals surface area contributed by atoms with Crippen LogP contribution in [0.4, 0.5) is 0 Å². The van der Waals surface area contributed by atoms with Crippen LogP contribution in [-0.4, -0.2) is 5.78 Å². The summed E-state index contributed by atoms with van der Waals surface area (Å²) in [7, 11) is 0. The highest BCUT2D eigenvalue weighted by Gasteiger charge is 1.92. The number of ketones is 1. The monoisotopic (exact) mass is 204 g/mol. The molecule has 0 radical (unpaired) electrons. The van der Waals surface area contributed by atoms with Gasteiger partial charge in [0.1, 0.15) is 0 Å². The molecule has 0 unspecified atom stereocenters. The van der Waals surface area contributed by atoms with E-state index in [4.69, 9.17) is 0 Å². The van der Waals surface area contributed by atoms with E-state index in [1.807, 2.05) is 30.3 Å². The van der Waals surface area contributed by atoms with E-state index in [2.05, 4.69) is 27.7 Å². The van der Waals surface area contributed by atoms with Crippen molar-refractivity contribution in [3.8, 4) is 0 Å². The van der Waals surface area contributed by atoms with Crippen LogP contribution in [0.15, 0.2) is 41.5 Å². The lowest BCUT2D eigenvalue weighted by Crippen LogP contribution is -1.88. The van der Waals surface area contributed by atoms with Gasteiger partial charge in [-0.05, 0) is 34.6 Å². The van der Waals surface area contributed by atoms with Crippen LogP contribution in [0.1, 0.15) is 45.0 Å². The second-order valence-electron chi connectivity index (χ2n) is 3.92. The maximum Gasteiger partial charge on any atom is 0.159 e. The number of benzene rings is 1.